The number of benzene rings is 1. The van der Waals surface area contributed by atoms with Crippen LogP contribution in [0.15, 0.2) is 24.3 Å². The van der Waals surface area contributed by atoms with Crippen LogP contribution in [-0.2, 0) is 28.8 Å². The smallest absolute Gasteiger partial charge is 0.372 e. The van der Waals surface area contributed by atoms with Gasteiger partial charge in [-0.15, -0.1) is 11.8 Å². The van der Waals surface area contributed by atoms with E-state index in [1.54, 1.807) is 10.8 Å². The summed E-state index contributed by atoms with van der Waals surface area (Å²) in [5, 5.41) is 34.1. The van der Waals surface area contributed by atoms with Crippen LogP contribution in [0.4, 0.5) is 48.3 Å². The highest BCUT2D eigenvalue weighted by Crippen LogP contribution is 2.35. The number of halogens is 11. The van der Waals surface area contributed by atoms with Gasteiger partial charge >= 0.3 is 53.5 Å². The van der Waals surface area contributed by atoms with Crippen molar-refractivity contribution in [3.8, 4) is 47.4 Å². The Morgan fingerprint density at radius 1 is 0.461 bits per heavy atom. The van der Waals surface area contributed by atoms with Gasteiger partial charge in [0, 0.05) is 89.7 Å². The molecule has 0 bridgehead atoms. The molecule has 4 N–H and O–H groups in total. The number of carboxylic acids is 4. The molecule has 0 fully saturated rings. The molecule has 0 aliphatic carbocycles. The number of aliphatic carboxylic acids is 3. The molecule has 27 heteroatoms. The van der Waals surface area contributed by atoms with Crippen molar-refractivity contribution in [1.82, 2.24) is 19.6 Å². The Kier molecular flexibility index (Phi) is 24.1. The third kappa shape index (κ3) is 23.8. The molecule has 4 amide bonds. The zero-order chi connectivity index (χ0) is 57.7. The first-order valence-electron chi connectivity index (χ1n) is 22.8. The highest BCUT2D eigenvalue weighted by molar-refractivity contribution is 5.96. The van der Waals surface area contributed by atoms with Crippen molar-refractivity contribution >= 4 is 47.5 Å². The third-order valence-electron chi connectivity index (χ3n) is 10.5. The molecule has 4 aliphatic heterocycles. The number of hydrogen-bond acceptors (Lipinski definition) is 8. The highest BCUT2D eigenvalue weighted by atomic mass is 19.3. The highest BCUT2D eigenvalue weighted by Gasteiger charge is 2.57. The van der Waals surface area contributed by atoms with E-state index < -0.39 is 142 Å². The lowest BCUT2D eigenvalue weighted by molar-refractivity contribution is -0.187. The summed E-state index contributed by atoms with van der Waals surface area (Å²) < 4.78 is 146. The molecular formula is C49H51F11N4O12. The number of aromatic carboxylic acids is 1. The molecule has 0 spiro atoms. The van der Waals surface area contributed by atoms with Gasteiger partial charge in [0.25, 0.3) is 5.91 Å². The van der Waals surface area contributed by atoms with Gasteiger partial charge < -0.3 is 40.0 Å². The molecule has 0 aromatic heterocycles. The largest absolute Gasteiger partial charge is 0.481 e. The number of nitrogens with zero attached hydrogens (tertiary/aromatic N) is 4. The Balaban J connectivity index is 0.000000350. The van der Waals surface area contributed by atoms with E-state index in [0.29, 0.717) is 29.3 Å². The normalized spacial score (nSPS) is 20.5. The van der Waals surface area contributed by atoms with Crippen molar-refractivity contribution < 1.29 is 107 Å². The molecule has 416 valence electrons. The molecule has 1 aromatic rings. The van der Waals surface area contributed by atoms with Gasteiger partial charge in [0.05, 0.1) is 44.5 Å². The van der Waals surface area contributed by atoms with Crippen molar-refractivity contribution in [3.63, 3.8) is 0 Å². The van der Waals surface area contributed by atoms with Crippen LogP contribution in [-0.4, -0.2) is 175 Å². The number of rotatable bonds is 11. The van der Waals surface area contributed by atoms with E-state index in [2.05, 4.69) is 11.8 Å². The molecule has 4 heterocycles. The van der Waals surface area contributed by atoms with Gasteiger partial charge in [0.1, 0.15) is 0 Å². The van der Waals surface area contributed by atoms with E-state index in [4.69, 9.17) is 20.4 Å². The summed E-state index contributed by atoms with van der Waals surface area (Å²) in [6, 6.07) is 4.99. The zero-order valence-electron chi connectivity index (χ0n) is 40.5. The number of hydrogen-bond donors (Lipinski definition) is 4. The number of amides is 4. The second-order valence-electron chi connectivity index (χ2n) is 17.2. The van der Waals surface area contributed by atoms with Crippen LogP contribution in [0.2, 0.25) is 0 Å². The monoisotopic (exact) mass is 1100 g/mol. The molecule has 5 rings (SSSR count). The van der Waals surface area contributed by atoms with E-state index in [1.807, 2.05) is 11.8 Å². The maximum Gasteiger partial charge on any atom is 0.372 e. The predicted molar refractivity (Wildman–Crippen MR) is 243 cm³/mol. The molecule has 76 heavy (non-hydrogen) atoms. The van der Waals surface area contributed by atoms with Crippen molar-refractivity contribution in [2.75, 3.05) is 52.4 Å². The second-order valence-corrected chi connectivity index (χ2v) is 17.2. The first-order chi connectivity index (χ1) is 35.1. The fraction of sp³-hybridized carbons (Fsp3) is 0.551. The van der Waals surface area contributed by atoms with Crippen LogP contribution in [0.25, 0.3) is 0 Å². The summed E-state index contributed by atoms with van der Waals surface area (Å²) in [4.78, 5) is 92.4. The Hall–Kier alpha value is -7.55. The minimum Gasteiger partial charge on any atom is -0.481 e. The summed E-state index contributed by atoms with van der Waals surface area (Å²) in [5.74, 6) is -11.9. The molecule has 0 radical (unpaired) electrons. The average Bonchev–Trinajstić information content (AvgIpc) is 3.31. The van der Waals surface area contributed by atoms with Gasteiger partial charge in [-0.2, -0.15) is 43.9 Å². The molecule has 1 unspecified atom stereocenters. The van der Waals surface area contributed by atoms with Crippen molar-refractivity contribution in [2.24, 2.45) is 0 Å². The van der Waals surface area contributed by atoms with Crippen molar-refractivity contribution in [2.45, 2.75) is 119 Å². The lowest BCUT2D eigenvalue weighted by Crippen LogP contribution is -2.51. The molecule has 0 saturated carbocycles. The molecule has 1 aromatic carbocycles. The minimum absolute atomic E-state index is 0.0121. The minimum atomic E-state index is -4.50. The van der Waals surface area contributed by atoms with Gasteiger partial charge in [-0.25, -0.2) is 9.18 Å². The third-order valence-corrected chi connectivity index (χ3v) is 10.5. The number of carbonyl (C=O) groups is 8. The van der Waals surface area contributed by atoms with Crippen molar-refractivity contribution in [3.05, 3.63) is 35.4 Å². The van der Waals surface area contributed by atoms with Crippen LogP contribution in [0.5, 0.6) is 0 Å². The maximum atomic E-state index is 14.2. The van der Waals surface area contributed by atoms with E-state index in [0.717, 1.165) is 30.6 Å². The lowest BCUT2D eigenvalue weighted by atomic mass is 10.0. The van der Waals surface area contributed by atoms with Crippen LogP contribution in [0.3, 0.4) is 0 Å². The fourth-order valence-electron chi connectivity index (χ4n) is 6.53. The van der Waals surface area contributed by atoms with Gasteiger partial charge in [0.2, 0.25) is 17.7 Å². The Labute approximate surface area is 427 Å². The van der Waals surface area contributed by atoms with Gasteiger partial charge in [-0.3, -0.25) is 33.6 Å². The van der Waals surface area contributed by atoms with E-state index in [1.165, 1.54) is 36.1 Å². The SMILES string of the molecule is CC1(F)C#CC(F)(F)CCN(C(=O)c2ccc(C(=O)O)cc2)C1.O=C(O)CCC(=O)N1CCC#CC(F)(F)C(F)(F)C1.O=C(O)CCC(=O)N1CCC#CCCC1.O=C(O)CCC(=O)N1CCC(F)(F)C#CC(F)(F)C1. The summed E-state index contributed by atoms with van der Waals surface area (Å²) in [6.07, 6.45) is -1.38. The van der Waals surface area contributed by atoms with Gasteiger partial charge in [-0.05, 0) is 61.3 Å². The zero-order valence-corrected chi connectivity index (χ0v) is 40.5. The number of carboxylic acid groups (broad SMARTS) is 4. The first kappa shape index (κ1) is 64.6. The van der Waals surface area contributed by atoms with E-state index >= 15 is 0 Å². The fourth-order valence-corrected chi connectivity index (χ4v) is 6.53. The molecule has 4 aliphatic rings. The quantitative estimate of drug-likeness (QED) is 0.144. The number of carbonyl (C=O) groups excluding carboxylic acids is 4. The predicted octanol–water partition coefficient (Wildman–Crippen LogP) is 6.18. The van der Waals surface area contributed by atoms with Crippen LogP contribution in [0.1, 0.15) is 105 Å². The maximum absolute atomic E-state index is 14.2. The average molecular weight is 1100 g/mol. The molecule has 0 saturated heterocycles. The van der Waals surface area contributed by atoms with Crippen molar-refractivity contribution in [1.29, 1.82) is 0 Å². The topological polar surface area (TPSA) is 230 Å². The van der Waals surface area contributed by atoms with Crippen LogP contribution in [0, 0.1) is 47.4 Å². The molecule has 1 atom stereocenters. The number of alkyl halides is 11. The Bertz CT molecular complexity index is 2520. The second kappa shape index (κ2) is 28.4. The Morgan fingerprint density at radius 3 is 1.39 bits per heavy atom. The van der Waals surface area contributed by atoms with Gasteiger partial charge in [0.15, 0.2) is 5.67 Å². The van der Waals surface area contributed by atoms with Crippen LogP contribution < -0.4 is 0 Å². The standard InChI is InChI=1S/C16H14F3NO3.2C11H11F4NO3.C11H15NO3/c1-15(17)6-7-16(18,19)8-9-20(10-15)13(21)11-2-4-12(5-3-11)14(22)23;12-10(13)3-4-11(14,15)7-16(6-5-10)8(17)1-2-9(18)19;12-10(13)5-1-2-6-16(7-11(10,14)15)8(17)3-4-9(18)19;13-10(6-7-11(14)15)12-8-4-2-1-3-5-9-12/h2-5H,8-10H2,1H3,(H,22,23);1-2,5-7H2,(H,18,19);2-4,6-7H2,(H,18,19);2,4-9H2,(H,14,15). The van der Waals surface area contributed by atoms with Crippen LogP contribution >= 0.6 is 0 Å². The van der Waals surface area contributed by atoms with E-state index in [-0.39, 0.29) is 49.4 Å². The Morgan fingerprint density at radius 2 is 0.882 bits per heavy atom. The summed E-state index contributed by atoms with van der Waals surface area (Å²) >= 11 is 0. The molecular weight excluding hydrogens is 1050 g/mol. The summed E-state index contributed by atoms with van der Waals surface area (Å²) in [5.41, 5.74) is -2.16. The summed E-state index contributed by atoms with van der Waals surface area (Å²) in [6.45, 7) is -1.79. The molecule has 16 nitrogen and oxygen atoms in total. The van der Waals surface area contributed by atoms with Gasteiger partial charge in [-0.1, -0.05) is 11.8 Å². The first-order valence-corrected chi connectivity index (χ1v) is 22.8. The lowest BCUT2D eigenvalue weighted by Gasteiger charge is -2.30. The van der Waals surface area contributed by atoms with E-state index in [9.17, 15) is 86.7 Å². The summed E-state index contributed by atoms with van der Waals surface area (Å²) in [7, 11) is 0.